The quantitative estimate of drug-likeness (QED) is 0.864. The highest BCUT2D eigenvalue weighted by atomic mass is 32.2. The summed E-state index contributed by atoms with van der Waals surface area (Å²) in [5.74, 6) is 1.77. The second kappa shape index (κ2) is 5.25. The summed E-state index contributed by atoms with van der Waals surface area (Å²) in [4.78, 5) is 1.29. The molecule has 0 unspecified atom stereocenters. The Morgan fingerprint density at radius 1 is 1.16 bits per heavy atom. The molecule has 0 spiro atoms. The lowest BCUT2D eigenvalue weighted by molar-refractivity contribution is 0.170. The predicted molar refractivity (Wildman–Crippen MR) is 78.4 cm³/mol. The Labute approximate surface area is 118 Å². The number of benzene rings is 1. The molecule has 0 atom stereocenters. The van der Waals surface area contributed by atoms with Gasteiger partial charge in [0.05, 0.1) is 0 Å². The van der Waals surface area contributed by atoms with Gasteiger partial charge in [0.1, 0.15) is 13.2 Å². The van der Waals surface area contributed by atoms with Crippen LogP contribution in [0.3, 0.4) is 0 Å². The Kier molecular flexibility index (Phi) is 3.63. The Bertz CT molecular complexity index is 469. The second-order valence-electron chi connectivity index (χ2n) is 5.39. The summed E-state index contributed by atoms with van der Waals surface area (Å²) in [5.41, 5.74) is 7.63. The fourth-order valence-corrected chi connectivity index (χ4v) is 4.01. The van der Waals surface area contributed by atoms with Gasteiger partial charge in [-0.15, -0.1) is 11.8 Å². The fraction of sp³-hybridized carbons (Fsp3) is 0.600. The van der Waals surface area contributed by atoms with E-state index in [0.717, 1.165) is 18.0 Å². The van der Waals surface area contributed by atoms with Crippen LogP contribution in [0.1, 0.15) is 31.2 Å². The standard InChI is InChI=1S/C15H21NO2S/c1-19-14-9-13-12(17-6-7-18-13)8-11(14)15(10-16)4-2-3-5-15/h8-9H,2-7,10,16H2,1H3. The van der Waals surface area contributed by atoms with Crippen molar-refractivity contribution in [2.45, 2.75) is 36.0 Å². The van der Waals surface area contributed by atoms with Crippen LogP contribution >= 0.6 is 11.8 Å². The van der Waals surface area contributed by atoms with E-state index in [1.165, 1.54) is 36.1 Å². The van der Waals surface area contributed by atoms with Crippen molar-refractivity contribution >= 4 is 11.8 Å². The second-order valence-corrected chi connectivity index (χ2v) is 6.24. The molecule has 0 saturated heterocycles. The van der Waals surface area contributed by atoms with Crippen LogP contribution < -0.4 is 15.2 Å². The van der Waals surface area contributed by atoms with Crippen molar-refractivity contribution in [1.29, 1.82) is 0 Å². The van der Waals surface area contributed by atoms with Gasteiger partial charge in [0.2, 0.25) is 0 Å². The Balaban J connectivity index is 2.08. The first-order chi connectivity index (χ1) is 9.29. The Morgan fingerprint density at radius 2 is 1.79 bits per heavy atom. The van der Waals surface area contributed by atoms with E-state index in [2.05, 4.69) is 18.4 Å². The number of ether oxygens (including phenoxy) is 2. The molecule has 1 aromatic carbocycles. The highest BCUT2D eigenvalue weighted by Crippen LogP contribution is 2.47. The molecule has 1 aliphatic heterocycles. The van der Waals surface area contributed by atoms with Crippen molar-refractivity contribution in [3.8, 4) is 11.5 Å². The summed E-state index contributed by atoms with van der Waals surface area (Å²) in [5, 5.41) is 0. The molecule has 0 amide bonds. The van der Waals surface area contributed by atoms with Gasteiger partial charge in [0.25, 0.3) is 0 Å². The van der Waals surface area contributed by atoms with E-state index in [0.29, 0.717) is 13.2 Å². The van der Waals surface area contributed by atoms with Gasteiger partial charge in [-0.2, -0.15) is 0 Å². The van der Waals surface area contributed by atoms with Gasteiger partial charge in [-0.1, -0.05) is 12.8 Å². The molecule has 1 heterocycles. The number of hydrogen-bond acceptors (Lipinski definition) is 4. The number of nitrogens with two attached hydrogens (primary N) is 1. The first kappa shape index (κ1) is 13.1. The SMILES string of the molecule is CSc1cc2c(cc1C1(CN)CCCC1)OCCO2. The lowest BCUT2D eigenvalue weighted by Crippen LogP contribution is -2.33. The van der Waals surface area contributed by atoms with Gasteiger partial charge in [-0.05, 0) is 36.8 Å². The third-order valence-electron chi connectivity index (χ3n) is 4.39. The molecule has 0 radical (unpaired) electrons. The van der Waals surface area contributed by atoms with E-state index in [4.69, 9.17) is 15.2 Å². The van der Waals surface area contributed by atoms with Crippen LogP contribution in [-0.4, -0.2) is 26.0 Å². The highest BCUT2D eigenvalue weighted by molar-refractivity contribution is 7.98. The molecular formula is C15H21NO2S. The van der Waals surface area contributed by atoms with Gasteiger partial charge >= 0.3 is 0 Å². The van der Waals surface area contributed by atoms with Gasteiger partial charge in [0.15, 0.2) is 11.5 Å². The zero-order valence-corrected chi connectivity index (χ0v) is 12.2. The van der Waals surface area contributed by atoms with Crippen LogP contribution in [0, 0.1) is 0 Å². The first-order valence-electron chi connectivity index (χ1n) is 6.97. The minimum Gasteiger partial charge on any atom is -0.486 e. The highest BCUT2D eigenvalue weighted by Gasteiger charge is 2.37. The van der Waals surface area contributed by atoms with E-state index < -0.39 is 0 Å². The predicted octanol–water partition coefficient (Wildman–Crippen LogP) is 2.95. The maximum Gasteiger partial charge on any atom is 0.162 e. The maximum atomic E-state index is 6.12. The molecule has 4 heteroatoms. The van der Waals surface area contributed by atoms with Crippen LogP contribution in [0.15, 0.2) is 17.0 Å². The lowest BCUT2D eigenvalue weighted by Gasteiger charge is -2.31. The molecule has 104 valence electrons. The molecule has 2 N–H and O–H groups in total. The van der Waals surface area contributed by atoms with Crippen LogP contribution in [0.4, 0.5) is 0 Å². The zero-order valence-electron chi connectivity index (χ0n) is 11.4. The molecule has 0 aromatic heterocycles. The summed E-state index contributed by atoms with van der Waals surface area (Å²) < 4.78 is 11.4. The van der Waals surface area contributed by atoms with Crippen molar-refractivity contribution in [3.63, 3.8) is 0 Å². The lowest BCUT2D eigenvalue weighted by atomic mass is 9.79. The minimum absolute atomic E-state index is 0.147. The summed E-state index contributed by atoms with van der Waals surface area (Å²) >= 11 is 1.78. The monoisotopic (exact) mass is 279 g/mol. The molecule has 1 saturated carbocycles. The summed E-state index contributed by atoms with van der Waals surface area (Å²) in [6, 6.07) is 4.31. The summed E-state index contributed by atoms with van der Waals surface area (Å²) in [7, 11) is 0. The smallest absolute Gasteiger partial charge is 0.162 e. The number of thioether (sulfide) groups is 1. The van der Waals surface area contributed by atoms with Gasteiger partial charge in [-0.3, -0.25) is 0 Å². The van der Waals surface area contributed by atoms with E-state index >= 15 is 0 Å². The topological polar surface area (TPSA) is 44.5 Å². The molecule has 1 fully saturated rings. The number of fused-ring (bicyclic) bond motifs is 1. The van der Waals surface area contributed by atoms with Crippen LogP contribution in [0.2, 0.25) is 0 Å². The average molecular weight is 279 g/mol. The molecule has 3 rings (SSSR count). The molecule has 2 aliphatic rings. The molecular weight excluding hydrogens is 258 g/mol. The van der Waals surface area contributed by atoms with Crippen molar-refractivity contribution in [2.75, 3.05) is 26.0 Å². The number of rotatable bonds is 3. The molecule has 0 bridgehead atoms. The van der Waals surface area contributed by atoms with Crippen molar-refractivity contribution < 1.29 is 9.47 Å². The van der Waals surface area contributed by atoms with Crippen LogP contribution in [-0.2, 0) is 5.41 Å². The van der Waals surface area contributed by atoms with Gasteiger partial charge in [0, 0.05) is 16.9 Å². The maximum absolute atomic E-state index is 6.12. The van der Waals surface area contributed by atoms with E-state index in [1.807, 2.05) is 0 Å². The largest absolute Gasteiger partial charge is 0.486 e. The third-order valence-corrected chi connectivity index (χ3v) is 5.16. The van der Waals surface area contributed by atoms with Gasteiger partial charge < -0.3 is 15.2 Å². The van der Waals surface area contributed by atoms with Gasteiger partial charge in [-0.25, -0.2) is 0 Å². The number of hydrogen-bond donors (Lipinski definition) is 1. The van der Waals surface area contributed by atoms with E-state index in [9.17, 15) is 0 Å². The van der Waals surface area contributed by atoms with E-state index in [1.54, 1.807) is 11.8 Å². The average Bonchev–Trinajstić information content (AvgIpc) is 2.96. The first-order valence-corrected chi connectivity index (χ1v) is 8.20. The third kappa shape index (κ3) is 2.21. The molecule has 1 aromatic rings. The minimum atomic E-state index is 0.147. The molecule has 3 nitrogen and oxygen atoms in total. The Morgan fingerprint density at radius 3 is 2.37 bits per heavy atom. The van der Waals surface area contributed by atoms with Crippen molar-refractivity contribution in [2.24, 2.45) is 5.73 Å². The summed E-state index contributed by atoms with van der Waals surface area (Å²) in [6.07, 6.45) is 7.06. The van der Waals surface area contributed by atoms with Crippen LogP contribution in [0.5, 0.6) is 11.5 Å². The molecule has 1 aliphatic carbocycles. The van der Waals surface area contributed by atoms with Crippen molar-refractivity contribution in [1.82, 2.24) is 0 Å². The fourth-order valence-electron chi connectivity index (χ4n) is 3.29. The Hall–Kier alpha value is -0.870. The zero-order chi connectivity index (χ0) is 13.3. The molecule has 19 heavy (non-hydrogen) atoms. The summed E-state index contributed by atoms with van der Waals surface area (Å²) in [6.45, 7) is 2.00. The normalized spacial score (nSPS) is 20.5. The van der Waals surface area contributed by atoms with E-state index in [-0.39, 0.29) is 5.41 Å². The van der Waals surface area contributed by atoms with Crippen LogP contribution in [0.25, 0.3) is 0 Å². The van der Waals surface area contributed by atoms with Crippen molar-refractivity contribution in [3.05, 3.63) is 17.7 Å².